The predicted molar refractivity (Wildman–Crippen MR) is 142 cm³/mol. The summed E-state index contributed by atoms with van der Waals surface area (Å²) < 4.78 is 2.15. The number of hydrogen-bond acceptors (Lipinski definition) is 3. The lowest BCUT2D eigenvalue weighted by Crippen LogP contribution is -2.29. The molecule has 1 heterocycles. The first kappa shape index (κ1) is 25.3. The molecule has 4 rings (SSSR count). The lowest BCUT2D eigenvalue weighted by Gasteiger charge is -2.19. The van der Waals surface area contributed by atoms with E-state index < -0.39 is 0 Å². The predicted octanol–water partition coefficient (Wildman–Crippen LogP) is 6.81. The zero-order chi connectivity index (χ0) is 23.8. The summed E-state index contributed by atoms with van der Waals surface area (Å²) in [5, 5.41) is 7.38. The summed E-state index contributed by atoms with van der Waals surface area (Å²) in [6.07, 6.45) is 7.08. The van der Waals surface area contributed by atoms with Crippen LogP contribution in [-0.4, -0.2) is 29.1 Å². The minimum Gasteiger partial charge on any atom is -0.372 e. The second kappa shape index (κ2) is 12.2. The number of aryl methyl sites for hydroxylation is 2. The molecule has 0 radical (unpaired) electrons. The monoisotopic (exact) mass is 530 g/mol. The maximum absolute atomic E-state index is 9.96. The van der Waals surface area contributed by atoms with E-state index in [9.17, 15) is 4.79 Å². The molecule has 2 aromatic carbocycles. The molecule has 1 fully saturated rings. The number of amides is 1. The van der Waals surface area contributed by atoms with Crippen LogP contribution in [0.1, 0.15) is 48.9 Å². The van der Waals surface area contributed by atoms with Crippen LogP contribution in [0.25, 0.3) is 17.1 Å². The van der Waals surface area contributed by atoms with Crippen molar-refractivity contribution in [1.29, 1.82) is 0 Å². The van der Waals surface area contributed by atoms with Crippen molar-refractivity contribution in [3.8, 4) is 17.1 Å². The smallest absolute Gasteiger partial charge is 0.207 e. The number of nitrogens with zero attached hydrogens (tertiary/aromatic N) is 2. The van der Waals surface area contributed by atoms with E-state index in [0.717, 1.165) is 40.6 Å². The van der Waals surface area contributed by atoms with Gasteiger partial charge in [0.05, 0.1) is 10.7 Å². The van der Waals surface area contributed by atoms with Crippen LogP contribution in [0.4, 0.5) is 5.82 Å². The van der Waals surface area contributed by atoms with E-state index in [1.165, 1.54) is 37.7 Å². The number of hydrogen-bond donors (Lipinski definition) is 2. The highest BCUT2D eigenvalue weighted by Crippen LogP contribution is 2.34. The molecule has 2 N–H and O–H groups in total. The van der Waals surface area contributed by atoms with Gasteiger partial charge >= 0.3 is 0 Å². The highest BCUT2D eigenvalue weighted by atomic mass is 79.9. The number of benzene rings is 2. The third-order valence-corrected chi connectivity index (χ3v) is 6.75. The average Bonchev–Trinajstić information content (AvgIpc) is 3.19. The van der Waals surface area contributed by atoms with Gasteiger partial charge in [-0.1, -0.05) is 70.6 Å². The Morgan fingerprint density at radius 3 is 2.33 bits per heavy atom. The number of anilines is 1. The van der Waals surface area contributed by atoms with Crippen LogP contribution in [0, 0.1) is 13.8 Å². The van der Waals surface area contributed by atoms with Crippen molar-refractivity contribution in [3.05, 3.63) is 64.3 Å². The summed E-state index contributed by atoms with van der Waals surface area (Å²) in [7, 11) is 1.88. The number of rotatable bonds is 6. The molecule has 0 atom stereocenters. The first-order valence-corrected chi connectivity index (χ1v) is 12.9. The van der Waals surface area contributed by atoms with Crippen LogP contribution in [0.2, 0.25) is 5.02 Å². The molecule has 176 valence electrons. The fourth-order valence-corrected chi connectivity index (χ4v) is 4.93. The zero-order valence-electron chi connectivity index (χ0n) is 19.5. The standard InChI is InChI=1S/C19H19BrClN3.C7H13NO/c1-12-4-7-14(8-5-12)24-17(11-20)18(22-3)23-19(24)15-9-6-13(2)10-16(15)21;9-6-8-7-4-2-1-3-5-7/h4-10,22H,11H2,1-3H3;6-7H,1-5H2,(H,8,9). The summed E-state index contributed by atoms with van der Waals surface area (Å²) >= 11 is 10.1. The summed E-state index contributed by atoms with van der Waals surface area (Å²) in [5.74, 6) is 1.68. The second-order valence-electron chi connectivity index (χ2n) is 8.39. The van der Waals surface area contributed by atoms with Gasteiger partial charge in [-0.2, -0.15) is 0 Å². The third kappa shape index (κ3) is 6.39. The fourth-order valence-electron chi connectivity index (χ4n) is 4.10. The molecule has 5 nitrogen and oxygen atoms in total. The van der Waals surface area contributed by atoms with Crippen LogP contribution in [0.5, 0.6) is 0 Å². The van der Waals surface area contributed by atoms with Gasteiger partial charge in [-0.15, -0.1) is 0 Å². The van der Waals surface area contributed by atoms with Gasteiger partial charge in [-0.05, 0) is 56.5 Å². The van der Waals surface area contributed by atoms with Crippen LogP contribution >= 0.6 is 27.5 Å². The highest BCUT2D eigenvalue weighted by molar-refractivity contribution is 9.08. The summed E-state index contributed by atoms with van der Waals surface area (Å²) in [6.45, 7) is 4.12. The van der Waals surface area contributed by atoms with Crippen molar-refractivity contribution in [2.75, 3.05) is 12.4 Å². The highest BCUT2D eigenvalue weighted by Gasteiger charge is 2.20. The minimum absolute atomic E-state index is 0.483. The van der Waals surface area contributed by atoms with Crippen molar-refractivity contribution < 1.29 is 4.79 Å². The van der Waals surface area contributed by atoms with Gasteiger partial charge in [0, 0.05) is 29.7 Å². The Balaban J connectivity index is 0.000000286. The Kier molecular flexibility index (Phi) is 9.39. The fraction of sp³-hybridized carbons (Fsp3) is 0.385. The van der Waals surface area contributed by atoms with E-state index in [-0.39, 0.29) is 0 Å². The summed E-state index contributed by atoms with van der Waals surface area (Å²) in [6, 6.07) is 15.0. The lowest BCUT2D eigenvalue weighted by atomic mass is 9.96. The number of carbonyl (C=O) groups is 1. The number of carbonyl (C=O) groups excluding carboxylic acids is 1. The molecule has 0 unspecified atom stereocenters. The van der Waals surface area contributed by atoms with Gasteiger partial charge in [-0.25, -0.2) is 4.98 Å². The molecule has 0 aliphatic heterocycles. The molecule has 1 aromatic heterocycles. The SMILES string of the molecule is CNc1nc(-c2ccc(C)cc2Cl)n(-c2ccc(C)cc2)c1CBr.O=CNC1CCCCC1. The summed E-state index contributed by atoms with van der Waals surface area (Å²) in [5.41, 5.74) is 5.41. The topological polar surface area (TPSA) is 59.0 Å². The first-order chi connectivity index (χ1) is 16.0. The Hall–Kier alpha value is -2.31. The van der Waals surface area contributed by atoms with E-state index in [4.69, 9.17) is 16.6 Å². The number of halogens is 2. The molecule has 1 saturated carbocycles. The average molecular weight is 532 g/mol. The largest absolute Gasteiger partial charge is 0.372 e. The first-order valence-electron chi connectivity index (χ1n) is 11.4. The van der Waals surface area contributed by atoms with E-state index in [0.29, 0.717) is 16.4 Å². The van der Waals surface area contributed by atoms with Gasteiger partial charge in [0.2, 0.25) is 6.41 Å². The molecule has 0 spiro atoms. The van der Waals surface area contributed by atoms with Crippen LogP contribution in [-0.2, 0) is 10.1 Å². The van der Waals surface area contributed by atoms with Crippen molar-refractivity contribution in [2.24, 2.45) is 0 Å². The Morgan fingerprint density at radius 2 is 1.76 bits per heavy atom. The second-order valence-corrected chi connectivity index (χ2v) is 9.36. The number of nitrogens with one attached hydrogen (secondary N) is 2. The Labute approximate surface area is 210 Å². The van der Waals surface area contributed by atoms with Gasteiger partial charge in [0.15, 0.2) is 0 Å². The van der Waals surface area contributed by atoms with E-state index >= 15 is 0 Å². The molecular weight excluding hydrogens is 500 g/mol. The van der Waals surface area contributed by atoms with E-state index in [1.54, 1.807) is 0 Å². The van der Waals surface area contributed by atoms with Crippen LogP contribution < -0.4 is 10.6 Å². The Morgan fingerprint density at radius 1 is 1.09 bits per heavy atom. The molecule has 0 saturated heterocycles. The normalized spacial score (nSPS) is 13.7. The minimum atomic E-state index is 0.483. The van der Waals surface area contributed by atoms with Gasteiger partial charge < -0.3 is 10.6 Å². The molecular formula is C26H32BrClN4O. The molecule has 33 heavy (non-hydrogen) atoms. The van der Waals surface area contributed by atoms with Crippen LogP contribution in [0.3, 0.4) is 0 Å². The molecule has 3 aromatic rings. The quantitative estimate of drug-likeness (QED) is 0.271. The Bertz CT molecular complexity index is 1060. The van der Waals surface area contributed by atoms with Crippen molar-refractivity contribution >= 4 is 39.8 Å². The van der Waals surface area contributed by atoms with E-state index in [2.05, 4.69) is 68.4 Å². The molecule has 1 aliphatic rings. The van der Waals surface area contributed by atoms with Crippen molar-refractivity contribution in [1.82, 2.24) is 14.9 Å². The number of alkyl halides is 1. The molecule has 0 bridgehead atoms. The van der Waals surface area contributed by atoms with Crippen molar-refractivity contribution in [2.45, 2.75) is 57.3 Å². The van der Waals surface area contributed by atoms with Gasteiger partial charge in [-0.3, -0.25) is 9.36 Å². The molecule has 1 aliphatic carbocycles. The maximum atomic E-state index is 9.96. The van der Waals surface area contributed by atoms with E-state index in [1.807, 2.05) is 26.1 Å². The van der Waals surface area contributed by atoms with Crippen molar-refractivity contribution in [3.63, 3.8) is 0 Å². The molecule has 1 amide bonds. The lowest BCUT2D eigenvalue weighted by molar-refractivity contribution is -0.110. The zero-order valence-corrected chi connectivity index (χ0v) is 21.8. The third-order valence-electron chi connectivity index (χ3n) is 5.90. The van der Waals surface area contributed by atoms with Gasteiger partial charge in [0.25, 0.3) is 0 Å². The number of aromatic nitrogens is 2. The van der Waals surface area contributed by atoms with Gasteiger partial charge in [0.1, 0.15) is 11.6 Å². The molecule has 7 heteroatoms. The van der Waals surface area contributed by atoms with Crippen LogP contribution in [0.15, 0.2) is 42.5 Å². The maximum Gasteiger partial charge on any atom is 0.207 e. The summed E-state index contributed by atoms with van der Waals surface area (Å²) in [4.78, 5) is 14.8. The number of imidazole rings is 1.